The van der Waals surface area contributed by atoms with Gasteiger partial charge in [-0.3, -0.25) is 4.79 Å². The molecule has 2 N–H and O–H groups in total. The fourth-order valence-electron chi connectivity index (χ4n) is 2.36. The van der Waals surface area contributed by atoms with Crippen LogP contribution in [0.2, 0.25) is 0 Å². The van der Waals surface area contributed by atoms with Crippen LogP contribution in [0.15, 0.2) is 12.1 Å². The number of rotatable bonds is 10. The summed E-state index contributed by atoms with van der Waals surface area (Å²) in [6.45, 7) is 12.4. The first kappa shape index (κ1) is 22.8. The maximum Gasteiger partial charge on any atom is 0.342 e. The Labute approximate surface area is 163 Å². The minimum absolute atomic E-state index is 0.182. The van der Waals surface area contributed by atoms with E-state index in [9.17, 15) is 9.59 Å². The maximum atomic E-state index is 12.7. The van der Waals surface area contributed by atoms with Crippen molar-refractivity contribution in [2.45, 2.75) is 72.8 Å². The van der Waals surface area contributed by atoms with Crippen molar-refractivity contribution in [3.05, 3.63) is 17.7 Å². The smallest absolute Gasteiger partial charge is 0.342 e. The van der Waals surface area contributed by atoms with Crippen molar-refractivity contribution in [1.82, 2.24) is 0 Å². The van der Waals surface area contributed by atoms with Crippen LogP contribution in [-0.4, -0.2) is 30.6 Å². The van der Waals surface area contributed by atoms with Gasteiger partial charge in [0.1, 0.15) is 16.9 Å². The fraction of sp³-hybridized carbons (Fsp3) is 0.619. The van der Waals surface area contributed by atoms with Crippen LogP contribution in [0, 0.1) is 0 Å². The minimum Gasteiger partial charge on any atom is -0.493 e. The summed E-state index contributed by atoms with van der Waals surface area (Å²) >= 11 is 0. The van der Waals surface area contributed by atoms with Crippen LogP contribution in [0.4, 0.5) is 11.4 Å². The topological polar surface area (TPSA) is 76.7 Å². The quantitative estimate of drug-likeness (QED) is 0.443. The normalized spacial score (nSPS) is 11.0. The molecule has 1 aromatic rings. The van der Waals surface area contributed by atoms with E-state index in [0.717, 1.165) is 32.2 Å². The van der Waals surface area contributed by atoms with Gasteiger partial charge < -0.3 is 20.1 Å². The van der Waals surface area contributed by atoms with E-state index in [2.05, 4.69) is 24.5 Å². The molecule has 0 saturated heterocycles. The number of carbonyl (C=O) groups is 2. The predicted molar refractivity (Wildman–Crippen MR) is 110 cm³/mol. The Morgan fingerprint density at radius 3 is 2.26 bits per heavy atom. The predicted octanol–water partition coefficient (Wildman–Crippen LogP) is 4.99. The molecule has 27 heavy (non-hydrogen) atoms. The number of hydrogen-bond donors (Lipinski definition) is 2. The van der Waals surface area contributed by atoms with Gasteiger partial charge in [-0.25, -0.2) is 4.79 Å². The third-order valence-corrected chi connectivity index (χ3v) is 3.65. The molecule has 1 aromatic carbocycles. The van der Waals surface area contributed by atoms with E-state index in [1.54, 1.807) is 12.1 Å². The zero-order valence-corrected chi connectivity index (χ0v) is 17.5. The molecule has 0 saturated carbocycles. The molecule has 152 valence electrons. The lowest BCUT2D eigenvalue weighted by molar-refractivity contribution is -0.114. The Hall–Kier alpha value is -2.24. The van der Waals surface area contributed by atoms with Gasteiger partial charge in [0.15, 0.2) is 0 Å². The molecule has 0 spiro atoms. The number of benzene rings is 1. The number of nitrogens with one attached hydrogen (secondary N) is 2. The molecular formula is C21H34N2O4. The molecule has 0 radical (unpaired) electrons. The molecule has 0 aliphatic heterocycles. The molecule has 6 heteroatoms. The number of amides is 1. The summed E-state index contributed by atoms with van der Waals surface area (Å²) in [4.78, 5) is 24.3. The summed E-state index contributed by atoms with van der Waals surface area (Å²) in [6, 6.07) is 3.40. The highest BCUT2D eigenvalue weighted by atomic mass is 16.6. The second-order valence-electron chi connectivity index (χ2n) is 7.56. The van der Waals surface area contributed by atoms with Crippen molar-refractivity contribution in [3.63, 3.8) is 0 Å². The van der Waals surface area contributed by atoms with Crippen LogP contribution >= 0.6 is 0 Å². The molecule has 0 atom stereocenters. The number of hydrogen-bond acceptors (Lipinski definition) is 5. The van der Waals surface area contributed by atoms with Crippen LogP contribution in [0.1, 0.15) is 77.6 Å². The fourth-order valence-corrected chi connectivity index (χ4v) is 2.36. The third kappa shape index (κ3) is 8.33. The lowest BCUT2D eigenvalue weighted by Gasteiger charge is -2.22. The molecule has 1 amide bonds. The van der Waals surface area contributed by atoms with Crippen LogP contribution in [0.5, 0.6) is 5.75 Å². The third-order valence-electron chi connectivity index (χ3n) is 3.65. The van der Waals surface area contributed by atoms with E-state index >= 15 is 0 Å². The van der Waals surface area contributed by atoms with E-state index in [4.69, 9.17) is 9.47 Å². The summed E-state index contributed by atoms with van der Waals surface area (Å²) < 4.78 is 11.4. The van der Waals surface area contributed by atoms with Gasteiger partial charge in [-0.2, -0.15) is 0 Å². The molecule has 0 unspecified atom stereocenters. The molecule has 0 bridgehead atoms. The summed E-state index contributed by atoms with van der Waals surface area (Å²) in [5.41, 5.74) is 1.03. The second-order valence-corrected chi connectivity index (χ2v) is 7.56. The summed E-state index contributed by atoms with van der Waals surface area (Å²) in [5, 5.41) is 6.11. The number of ether oxygens (including phenoxy) is 2. The monoisotopic (exact) mass is 378 g/mol. The Balaban J connectivity index is 3.29. The lowest BCUT2D eigenvalue weighted by Crippen LogP contribution is -2.24. The number of unbranched alkanes of at least 4 members (excludes halogenated alkanes) is 2. The van der Waals surface area contributed by atoms with E-state index in [1.165, 1.54) is 6.92 Å². The molecule has 1 rings (SSSR count). The van der Waals surface area contributed by atoms with Gasteiger partial charge in [-0.05, 0) is 39.7 Å². The van der Waals surface area contributed by atoms with Crippen LogP contribution < -0.4 is 15.4 Å². The van der Waals surface area contributed by atoms with E-state index in [1.807, 2.05) is 20.8 Å². The molecule has 0 aromatic heterocycles. The molecule has 0 fully saturated rings. The van der Waals surface area contributed by atoms with Crippen molar-refractivity contribution in [2.24, 2.45) is 0 Å². The van der Waals surface area contributed by atoms with Gasteiger partial charge in [0.2, 0.25) is 5.91 Å². The minimum atomic E-state index is -0.607. The van der Waals surface area contributed by atoms with E-state index in [0.29, 0.717) is 29.3 Å². The zero-order valence-electron chi connectivity index (χ0n) is 17.5. The number of carbonyl (C=O) groups excluding carboxylic acids is 2. The molecular weight excluding hydrogens is 344 g/mol. The summed E-state index contributed by atoms with van der Waals surface area (Å²) in [7, 11) is 0. The first-order valence-corrected chi connectivity index (χ1v) is 9.73. The highest BCUT2D eigenvalue weighted by Crippen LogP contribution is 2.33. The summed E-state index contributed by atoms with van der Waals surface area (Å²) in [6.07, 6.45) is 3.88. The van der Waals surface area contributed by atoms with Gasteiger partial charge in [-0.1, -0.05) is 26.7 Å². The van der Waals surface area contributed by atoms with Crippen molar-refractivity contribution in [3.8, 4) is 5.75 Å². The van der Waals surface area contributed by atoms with Crippen molar-refractivity contribution < 1.29 is 19.1 Å². The van der Waals surface area contributed by atoms with Gasteiger partial charge in [0.05, 0.1) is 18.0 Å². The second kappa shape index (κ2) is 10.8. The molecule has 0 heterocycles. The summed E-state index contributed by atoms with van der Waals surface area (Å²) in [5.74, 6) is -0.206. The molecule has 0 aliphatic rings. The first-order chi connectivity index (χ1) is 12.7. The van der Waals surface area contributed by atoms with Crippen LogP contribution in [0.25, 0.3) is 0 Å². The van der Waals surface area contributed by atoms with E-state index < -0.39 is 11.6 Å². The Bertz CT molecular complexity index is 636. The number of anilines is 2. The Morgan fingerprint density at radius 1 is 1.04 bits per heavy atom. The Morgan fingerprint density at radius 2 is 1.70 bits per heavy atom. The van der Waals surface area contributed by atoms with Gasteiger partial charge >= 0.3 is 5.97 Å². The zero-order chi connectivity index (χ0) is 20.4. The van der Waals surface area contributed by atoms with E-state index in [-0.39, 0.29) is 5.91 Å². The van der Waals surface area contributed by atoms with Crippen LogP contribution in [0.3, 0.4) is 0 Å². The maximum absolute atomic E-state index is 12.7. The average molecular weight is 379 g/mol. The number of esters is 1. The van der Waals surface area contributed by atoms with Gasteiger partial charge in [0, 0.05) is 19.5 Å². The largest absolute Gasteiger partial charge is 0.493 e. The van der Waals surface area contributed by atoms with Crippen molar-refractivity contribution >= 4 is 23.3 Å². The van der Waals surface area contributed by atoms with Crippen molar-refractivity contribution in [2.75, 3.05) is 23.8 Å². The first-order valence-electron chi connectivity index (χ1n) is 9.73. The van der Waals surface area contributed by atoms with Crippen molar-refractivity contribution in [1.29, 1.82) is 0 Å². The van der Waals surface area contributed by atoms with Gasteiger partial charge in [0.25, 0.3) is 0 Å². The molecule has 6 nitrogen and oxygen atoms in total. The highest BCUT2D eigenvalue weighted by molar-refractivity contribution is 5.99. The average Bonchev–Trinajstić information content (AvgIpc) is 2.54. The molecule has 0 aliphatic carbocycles. The standard InChI is InChI=1S/C21H34N2O4/c1-7-9-11-22-17-13-16(20(25)27-21(4,5)6)19(26-12-10-8-2)14-18(17)23-15(3)24/h13-14,22H,7-12H2,1-6H3,(H,23,24). The SMILES string of the molecule is CCCCNc1cc(C(=O)OC(C)(C)C)c(OCCCC)cc1NC(C)=O. The Kier molecular flexibility index (Phi) is 9.12. The van der Waals surface area contributed by atoms with Crippen LogP contribution in [-0.2, 0) is 9.53 Å². The highest BCUT2D eigenvalue weighted by Gasteiger charge is 2.23. The lowest BCUT2D eigenvalue weighted by atomic mass is 10.1. The van der Waals surface area contributed by atoms with Gasteiger partial charge in [-0.15, -0.1) is 0 Å².